The van der Waals surface area contributed by atoms with E-state index < -0.39 is 17.8 Å². The number of alkyl halides is 3. The van der Waals surface area contributed by atoms with Crippen molar-refractivity contribution < 1.29 is 17.9 Å². The Hall–Kier alpha value is -2.01. The fourth-order valence-corrected chi connectivity index (χ4v) is 2.39. The number of hydrogen-bond donors (Lipinski definition) is 1. The van der Waals surface area contributed by atoms with Gasteiger partial charge in [0, 0.05) is 0 Å². The van der Waals surface area contributed by atoms with Crippen molar-refractivity contribution in [1.29, 1.82) is 0 Å². The Balaban J connectivity index is 2.24. The normalized spacial score (nSPS) is 12.9. The van der Waals surface area contributed by atoms with Crippen LogP contribution in [0.5, 0.6) is 5.75 Å². The number of ether oxygens (including phenoxy) is 1. The number of nitrogens with two attached hydrogens (primary N) is 1. The average Bonchev–Trinajstić information content (AvgIpc) is 2.54. The molecule has 124 valence electrons. The molecule has 0 radical (unpaired) electrons. The zero-order valence-corrected chi connectivity index (χ0v) is 12.7. The van der Waals surface area contributed by atoms with E-state index in [0.717, 1.165) is 24.5 Å². The molecular formula is C18H20F3NO. The molecule has 2 aromatic carbocycles. The number of hydrogen-bond acceptors (Lipinski definition) is 2. The standard InChI is InChI=1S/C18H20F3NO/c19-18(20,21)15-10-4-5-12-17(15)23-16(11-6-7-13-22)14-8-2-1-3-9-14/h1-5,8-10,12,16H,6-7,11,13,22H2. The molecule has 0 aliphatic heterocycles. The largest absolute Gasteiger partial charge is 0.485 e. The Morgan fingerprint density at radius 1 is 0.913 bits per heavy atom. The van der Waals surface area contributed by atoms with Crippen LogP contribution in [0.25, 0.3) is 0 Å². The lowest BCUT2D eigenvalue weighted by Crippen LogP contribution is -2.13. The minimum absolute atomic E-state index is 0.137. The molecule has 0 saturated carbocycles. The first kappa shape index (κ1) is 17.3. The zero-order valence-electron chi connectivity index (χ0n) is 12.7. The summed E-state index contributed by atoms with van der Waals surface area (Å²) >= 11 is 0. The van der Waals surface area contributed by atoms with Crippen molar-refractivity contribution in [2.24, 2.45) is 5.73 Å². The Labute approximate surface area is 134 Å². The van der Waals surface area contributed by atoms with Crippen molar-refractivity contribution in [3.8, 4) is 5.75 Å². The van der Waals surface area contributed by atoms with E-state index in [2.05, 4.69) is 0 Å². The van der Waals surface area contributed by atoms with Crippen LogP contribution in [0, 0.1) is 0 Å². The molecule has 0 bridgehead atoms. The van der Waals surface area contributed by atoms with Crippen molar-refractivity contribution in [2.45, 2.75) is 31.5 Å². The van der Waals surface area contributed by atoms with Crippen LogP contribution < -0.4 is 10.5 Å². The first-order valence-corrected chi connectivity index (χ1v) is 7.60. The van der Waals surface area contributed by atoms with Gasteiger partial charge in [0.15, 0.2) is 0 Å². The van der Waals surface area contributed by atoms with Gasteiger partial charge in [0.1, 0.15) is 11.9 Å². The minimum Gasteiger partial charge on any atom is -0.485 e. The van der Waals surface area contributed by atoms with Crippen LogP contribution in [0.3, 0.4) is 0 Å². The number of halogens is 3. The van der Waals surface area contributed by atoms with Crippen molar-refractivity contribution >= 4 is 0 Å². The van der Waals surface area contributed by atoms with Crippen LogP contribution in [-0.4, -0.2) is 6.54 Å². The minimum atomic E-state index is -4.44. The highest BCUT2D eigenvalue weighted by Gasteiger charge is 2.34. The molecule has 0 spiro atoms. The summed E-state index contributed by atoms with van der Waals surface area (Å²) in [5.74, 6) is -0.137. The quantitative estimate of drug-likeness (QED) is 0.731. The Morgan fingerprint density at radius 3 is 2.22 bits per heavy atom. The van der Waals surface area contributed by atoms with Gasteiger partial charge in [-0.15, -0.1) is 0 Å². The molecule has 0 fully saturated rings. The fourth-order valence-electron chi connectivity index (χ4n) is 2.39. The summed E-state index contributed by atoms with van der Waals surface area (Å²) in [6.45, 7) is 0.556. The number of unbranched alkanes of at least 4 members (excludes halogenated alkanes) is 1. The first-order chi connectivity index (χ1) is 11.0. The van der Waals surface area contributed by atoms with Gasteiger partial charge in [-0.3, -0.25) is 0 Å². The topological polar surface area (TPSA) is 35.2 Å². The second-order valence-corrected chi connectivity index (χ2v) is 5.30. The highest BCUT2D eigenvalue weighted by Crippen LogP contribution is 2.38. The van der Waals surface area contributed by atoms with Crippen LogP contribution >= 0.6 is 0 Å². The van der Waals surface area contributed by atoms with Gasteiger partial charge in [0.2, 0.25) is 0 Å². The third kappa shape index (κ3) is 4.99. The monoisotopic (exact) mass is 323 g/mol. The van der Waals surface area contributed by atoms with Crippen molar-refractivity contribution in [2.75, 3.05) is 6.54 Å². The van der Waals surface area contributed by atoms with E-state index in [1.807, 2.05) is 30.3 Å². The SMILES string of the molecule is NCCCCC(Oc1ccccc1C(F)(F)F)c1ccccc1. The van der Waals surface area contributed by atoms with Gasteiger partial charge in [0.25, 0.3) is 0 Å². The second kappa shape index (κ2) is 8.02. The van der Waals surface area contributed by atoms with Crippen LogP contribution in [0.4, 0.5) is 13.2 Å². The molecule has 2 nitrogen and oxygen atoms in total. The molecule has 0 aliphatic carbocycles. The summed E-state index contributed by atoms with van der Waals surface area (Å²) in [7, 11) is 0. The van der Waals surface area contributed by atoms with Gasteiger partial charge in [-0.25, -0.2) is 0 Å². The van der Waals surface area contributed by atoms with Crippen LogP contribution in [0.15, 0.2) is 54.6 Å². The summed E-state index contributed by atoms with van der Waals surface area (Å²) < 4.78 is 45.1. The van der Waals surface area contributed by atoms with Crippen LogP contribution in [0.1, 0.15) is 36.5 Å². The van der Waals surface area contributed by atoms with E-state index in [1.54, 1.807) is 6.07 Å². The number of rotatable bonds is 7. The van der Waals surface area contributed by atoms with E-state index in [-0.39, 0.29) is 5.75 Å². The molecule has 5 heteroatoms. The van der Waals surface area contributed by atoms with E-state index in [1.165, 1.54) is 12.1 Å². The summed E-state index contributed by atoms with van der Waals surface area (Å²) in [4.78, 5) is 0. The lowest BCUT2D eigenvalue weighted by atomic mass is 10.0. The summed E-state index contributed by atoms with van der Waals surface area (Å²) in [6, 6.07) is 14.6. The maximum atomic E-state index is 13.1. The first-order valence-electron chi connectivity index (χ1n) is 7.60. The molecule has 2 N–H and O–H groups in total. The van der Waals surface area contributed by atoms with Gasteiger partial charge >= 0.3 is 6.18 Å². The summed E-state index contributed by atoms with van der Waals surface area (Å²) in [5.41, 5.74) is 5.61. The molecular weight excluding hydrogens is 303 g/mol. The molecule has 0 saturated heterocycles. The predicted octanol–water partition coefficient (Wildman–Crippen LogP) is 4.95. The van der Waals surface area contributed by atoms with Gasteiger partial charge in [-0.05, 0) is 43.5 Å². The molecule has 0 aliphatic rings. The molecule has 2 aromatic rings. The molecule has 1 atom stereocenters. The van der Waals surface area contributed by atoms with Crippen molar-refractivity contribution in [3.63, 3.8) is 0 Å². The Bertz CT molecular complexity index is 599. The van der Waals surface area contributed by atoms with Crippen molar-refractivity contribution in [1.82, 2.24) is 0 Å². The molecule has 2 rings (SSSR count). The predicted molar refractivity (Wildman–Crippen MR) is 84.2 cm³/mol. The van der Waals surface area contributed by atoms with Crippen LogP contribution in [-0.2, 0) is 6.18 Å². The highest BCUT2D eigenvalue weighted by atomic mass is 19.4. The molecule has 0 aromatic heterocycles. The molecule has 0 heterocycles. The Kier molecular flexibility index (Phi) is 6.04. The molecule has 1 unspecified atom stereocenters. The van der Waals surface area contributed by atoms with E-state index in [4.69, 9.17) is 10.5 Å². The van der Waals surface area contributed by atoms with Gasteiger partial charge in [-0.1, -0.05) is 42.5 Å². The fraction of sp³-hybridized carbons (Fsp3) is 0.333. The molecule has 23 heavy (non-hydrogen) atoms. The van der Waals surface area contributed by atoms with Gasteiger partial charge < -0.3 is 10.5 Å². The summed E-state index contributed by atoms with van der Waals surface area (Å²) in [6.07, 6.45) is -2.63. The third-order valence-corrected chi connectivity index (χ3v) is 3.55. The maximum absolute atomic E-state index is 13.1. The highest BCUT2D eigenvalue weighted by molar-refractivity contribution is 5.36. The van der Waals surface area contributed by atoms with E-state index >= 15 is 0 Å². The number of para-hydroxylation sites is 1. The van der Waals surface area contributed by atoms with Gasteiger partial charge in [0.05, 0.1) is 5.56 Å². The molecule has 0 amide bonds. The lowest BCUT2D eigenvalue weighted by Gasteiger charge is -2.22. The number of benzene rings is 2. The van der Waals surface area contributed by atoms with Crippen LogP contribution in [0.2, 0.25) is 0 Å². The second-order valence-electron chi connectivity index (χ2n) is 5.30. The zero-order chi connectivity index (χ0) is 16.7. The summed E-state index contributed by atoms with van der Waals surface area (Å²) in [5, 5.41) is 0. The van der Waals surface area contributed by atoms with E-state index in [9.17, 15) is 13.2 Å². The smallest absolute Gasteiger partial charge is 0.419 e. The van der Waals surface area contributed by atoms with E-state index in [0.29, 0.717) is 13.0 Å². The maximum Gasteiger partial charge on any atom is 0.419 e. The Morgan fingerprint density at radius 2 is 1.57 bits per heavy atom. The third-order valence-electron chi connectivity index (χ3n) is 3.55. The lowest BCUT2D eigenvalue weighted by molar-refractivity contribution is -0.139. The van der Waals surface area contributed by atoms with Gasteiger partial charge in [-0.2, -0.15) is 13.2 Å². The van der Waals surface area contributed by atoms with Crippen molar-refractivity contribution in [3.05, 3.63) is 65.7 Å². The average molecular weight is 323 g/mol.